The predicted octanol–water partition coefficient (Wildman–Crippen LogP) is 5.18. The van der Waals surface area contributed by atoms with Crippen LogP contribution in [0.5, 0.6) is 0 Å². The minimum Gasteiger partial charge on any atom is -0.432 e. The Kier molecular flexibility index (Phi) is 4.79. The van der Waals surface area contributed by atoms with E-state index in [1.807, 2.05) is 6.07 Å². The number of halogens is 1. The van der Waals surface area contributed by atoms with Gasteiger partial charge in [-0.2, -0.15) is 0 Å². The van der Waals surface area contributed by atoms with E-state index in [2.05, 4.69) is 47.7 Å². The summed E-state index contributed by atoms with van der Waals surface area (Å²) in [7, 11) is -2.12. The summed E-state index contributed by atoms with van der Waals surface area (Å²) in [5.41, 5.74) is 0.947. The Morgan fingerprint density at radius 3 is 2.54 bits per heavy atom. The molecule has 0 aliphatic heterocycles. The second kappa shape index (κ2) is 6.43. The number of nitrogens with zero attached hydrogens (tertiary/aromatic N) is 3. The average molecular weight is 366 g/mol. The number of hydrogen-bond acceptors (Lipinski definition) is 3. The average Bonchev–Trinajstić information content (AvgIpc) is 2.92. The first-order valence-electron chi connectivity index (χ1n) is 8.88. The summed E-state index contributed by atoms with van der Waals surface area (Å²) < 4.78 is 2.27. The predicted molar refractivity (Wildman–Crippen MR) is 102 cm³/mol. The maximum atomic E-state index is 10.5. The molecule has 1 saturated carbocycles. The summed E-state index contributed by atoms with van der Waals surface area (Å²) in [4.78, 5) is 19.0. The van der Waals surface area contributed by atoms with Gasteiger partial charge >= 0.3 is 0 Å². The van der Waals surface area contributed by atoms with Crippen molar-refractivity contribution in [2.75, 3.05) is 0 Å². The largest absolute Gasteiger partial charge is 0.432 e. The van der Waals surface area contributed by atoms with Gasteiger partial charge in [0.1, 0.15) is 17.1 Å². The first kappa shape index (κ1) is 17.9. The van der Waals surface area contributed by atoms with Crippen molar-refractivity contribution >= 4 is 31.0 Å². The number of rotatable bonds is 4. The second-order valence-corrected chi connectivity index (χ2v) is 13.3. The highest BCUT2D eigenvalue weighted by Crippen LogP contribution is 2.46. The van der Waals surface area contributed by atoms with Crippen molar-refractivity contribution in [3.63, 3.8) is 0 Å². The van der Waals surface area contributed by atoms with Crippen LogP contribution in [0, 0.1) is 5.92 Å². The van der Waals surface area contributed by atoms with Gasteiger partial charge in [-0.3, -0.25) is 0 Å². The van der Waals surface area contributed by atoms with Gasteiger partial charge in [-0.25, -0.2) is 9.97 Å². The van der Waals surface area contributed by atoms with Crippen LogP contribution in [0.15, 0.2) is 18.6 Å². The third-order valence-electron chi connectivity index (χ3n) is 6.13. The van der Waals surface area contributed by atoms with Crippen LogP contribution in [0.3, 0.4) is 0 Å². The van der Waals surface area contributed by atoms with Crippen molar-refractivity contribution in [1.29, 1.82) is 0 Å². The van der Waals surface area contributed by atoms with Gasteiger partial charge in [0.05, 0.1) is 5.39 Å². The van der Waals surface area contributed by atoms with Crippen LogP contribution in [-0.4, -0.2) is 27.6 Å². The smallest absolute Gasteiger partial charge is 0.188 e. The van der Waals surface area contributed by atoms with E-state index in [0.717, 1.165) is 23.4 Å². The van der Waals surface area contributed by atoms with Crippen molar-refractivity contribution in [3.8, 4) is 0 Å². The number of aromatic nitrogens is 3. The summed E-state index contributed by atoms with van der Waals surface area (Å²) in [5, 5.41) is 1.55. The van der Waals surface area contributed by atoms with Gasteiger partial charge in [-0.15, -0.1) is 0 Å². The zero-order chi connectivity index (χ0) is 17.5. The molecule has 1 aliphatic carbocycles. The highest BCUT2D eigenvalue weighted by Gasteiger charge is 2.40. The Balaban J connectivity index is 1.68. The lowest BCUT2D eigenvalue weighted by atomic mass is 9.81. The maximum Gasteiger partial charge on any atom is 0.188 e. The van der Waals surface area contributed by atoms with Crippen LogP contribution in [-0.2, 0) is 0 Å². The molecule has 1 N–H and O–H groups in total. The van der Waals surface area contributed by atoms with Crippen LogP contribution >= 0.6 is 11.6 Å². The van der Waals surface area contributed by atoms with Gasteiger partial charge < -0.3 is 9.36 Å². The first-order valence-corrected chi connectivity index (χ1v) is 12.2. The van der Waals surface area contributed by atoms with Gasteiger partial charge in [-0.05, 0) is 62.2 Å². The minimum absolute atomic E-state index is 0.0748. The molecule has 0 spiro atoms. The third-order valence-corrected chi connectivity index (χ3v) is 9.94. The Morgan fingerprint density at radius 1 is 1.25 bits per heavy atom. The topological polar surface area (TPSA) is 50.9 Å². The molecule has 24 heavy (non-hydrogen) atoms. The van der Waals surface area contributed by atoms with Crippen molar-refractivity contribution in [3.05, 3.63) is 23.7 Å². The molecule has 0 aromatic carbocycles. The molecular formula is C18H28ClN3OSi. The molecule has 0 saturated heterocycles. The van der Waals surface area contributed by atoms with E-state index in [1.54, 1.807) is 6.33 Å². The summed E-state index contributed by atoms with van der Waals surface area (Å²) >= 11 is 6.16. The molecule has 0 bridgehead atoms. The van der Waals surface area contributed by atoms with Crippen molar-refractivity contribution in [1.82, 2.24) is 14.5 Å². The van der Waals surface area contributed by atoms with Crippen LogP contribution in [0.1, 0.15) is 52.0 Å². The van der Waals surface area contributed by atoms with E-state index in [4.69, 9.17) is 11.6 Å². The standard InChI is InChI=1S/C18H28ClN3OSi/c1-18(2,24(3,4)23)11-13-5-7-14(8-6-13)22-10-9-15-16(19)20-12-21-17(15)22/h9-10,12-14,23H,5-8,11H2,1-4H3/t13-,14-. The molecule has 132 valence electrons. The van der Waals surface area contributed by atoms with E-state index in [0.29, 0.717) is 11.2 Å². The molecule has 0 radical (unpaired) electrons. The summed E-state index contributed by atoms with van der Waals surface area (Å²) in [6, 6.07) is 2.51. The number of fused-ring (bicyclic) bond motifs is 1. The fourth-order valence-electron chi connectivity index (χ4n) is 3.83. The maximum absolute atomic E-state index is 10.5. The van der Waals surface area contributed by atoms with Gasteiger partial charge in [-0.1, -0.05) is 25.4 Å². The molecule has 0 amide bonds. The van der Waals surface area contributed by atoms with Gasteiger partial charge in [0, 0.05) is 12.2 Å². The van der Waals surface area contributed by atoms with Gasteiger partial charge in [0.2, 0.25) is 0 Å². The summed E-state index contributed by atoms with van der Waals surface area (Å²) in [6.45, 7) is 8.61. The lowest BCUT2D eigenvalue weighted by molar-refractivity contribution is 0.244. The molecule has 0 atom stereocenters. The normalized spacial score (nSPS) is 22.9. The lowest BCUT2D eigenvalue weighted by Crippen LogP contribution is -2.40. The molecule has 0 unspecified atom stereocenters. The van der Waals surface area contributed by atoms with Gasteiger partial charge in [0.25, 0.3) is 0 Å². The van der Waals surface area contributed by atoms with Crippen molar-refractivity contribution in [2.45, 2.75) is 70.1 Å². The van der Waals surface area contributed by atoms with Crippen LogP contribution in [0.25, 0.3) is 11.0 Å². The molecule has 2 aromatic heterocycles. The lowest BCUT2D eigenvalue weighted by Gasteiger charge is -2.40. The zero-order valence-corrected chi connectivity index (χ0v) is 16.8. The van der Waals surface area contributed by atoms with Crippen molar-refractivity contribution in [2.24, 2.45) is 5.92 Å². The van der Waals surface area contributed by atoms with E-state index in [1.165, 1.54) is 25.7 Å². The Labute approximate surface area is 150 Å². The minimum atomic E-state index is -2.12. The summed E-state index contributed by atoms with van der Waals surface area (Å²) in [6.07, 6.45) is 9.55. The Hall–Kier alpha value is -0.913. The fraction of sp³-hybridized carbons (Fsp3) is 0.667. The van der Waals surface area contributed by atoms with E-state index < -0.39 is 8.32 Å². The monoisotopic (exact) mass is 365 g/mol. The molecule has 4 nitrogen and oxygen atoms in total. The van der Waals surface area contributed by atoms with E-state index >= 15 is 0 Å². The molecule has 6 heteroatoms. The molecular weight excluding hydrogens is 338 g/mol. The molecule has 1 aliphatic rings. The Morgan fingerprint density at radius 2 is 1.92 bits per heavy atom. The van der Waals surface area contributed by atoms with Crippen LogP contribution in [0.4, 0.5) is 0 Å². The quantitative estimate of drug-likeness (QED) is 0.599. The molecule has 3 rings (SSSR count). The van der Waals surface area contributed by atoms with Crippen LogP contribution in [0.2, 0.25) is 23.3 Å². The third kappa shape index (κ3) is 3.39. The molecule has 2 heterocycles. The highest BCUT2D eigenvalue weighted by atomic mass is 35.5. The molecule has 2 aromatic rings. The summed E-state index contributed by atoms with van der Waals surface area (Å²) in [5.74, 6) is 0.718. The first-order chi connectivity index (χ1) is 11.2. The fourth-order valence-corrected chi connectivity index (χ4v) is 4.81. The highest BCUT2D eigenvalue weighted by molar-refractivity contribution is 6.72. The molecule has 1 fully saturated rings. The Bertz CT molecular complexity index is 715. The van der Waals surface area contributed by atoms with Crippen molar-refractivity contribution < 1.29 is 4.80 Å². The SMILES string of the molecule is CC(C)(C[C@H]1CC[C@H](n2ccc3c(Cl)ncnc32)CC1)[Si](C)(C)O. The van der Waals surface area contributed by atoms with E-state index in [9.17, 15) is 4.80 Å². The van der Waals surface area contributed by atoms with Crippen LogP contribution < -0.4 is 0 Å². The van der Waals surface area contributed by atoms with E-state index in [-0.39, 0.29) is 5.04 Å². The second-order valence-electron chi connectivity index (χ2n) is 8.45. The zero-order valence-electron chi connectivity index (χ0n) is 15.1. The number of hydrogen-bond donors (Lipinski definition) is 1. The van der Waals surface area contributed by atoms with Gasteiger partial charge in [0.15, 0.2) is 8.32 Å².